The van der Waals surface area contributed by atoms with Crippen LogP contribution in [0.15, 0.2) is 23.5 Å². The highest BCUT2D eigenvalue weighted by Gasteiger charge is 2.13. The molecule has 0 unspecified atom stereocenters. The average molecular weight is 334 g/mol. The molecule has 0 amide bonds. The van der Waals surface area contributed by atoms with Gasteiger partial charge in [-0.3, -0.25) is 5.21 Å². The van der Waals surface area contributed by atoms with Crippen LogP contribution in [0.4, 0.5) is 0 Å². The summed E-state index contributed by atoms with van der Waals surface area (Å²) < 4.78 is 0. The lowest BCUT2D eigenvalue weighted by atomic mass is 10.1. The van der Waals surface area contributed by atoms with Crippen molar-refractivity contribution in [3.63, 3.8) is 0 Å². The van der Waals surface area contributed by atoms with Crippen molar-refractivity contribution >= 4 is 0 Å². The summed E-state index contributed by atoms with van der Waals surface area (Å²) in [6.45, 7) is 0. The molecule has 24 heavy (non-hydrogen) atoms. The normalized spacial score (nSPS) is 23.2. The summed E-state index contributed by atoms with van der Waals surface area (Å²) in [7, 11) is 0. The standard InChI is InChI=1S/C22H39NO/c24-23(21-17-13-9-5-1-2-6-10-14-18-21)22-19-15-11-7-3-4-8-12-16-20-22/h17,19,24H,1-16,18,20H2. The van der Waals surface area contributed by atoms with Crippen molar-refractivity contribution in [1.82, 2.24) is 5.06 Å². The molecule has 0 aromatic heterocycles. The van der Waals surface area contributed by atoms with E-state index in [0.29, 0.717) is 0 Å². The molecule has 1 N–H and O–H groups in total. The fraction of sp³-hybridized carbons (Fsp3) is 0.818. The Bertz CT molecular complexity index is 349. The van der Waals surface area contributed by atoms with Gasteiger partial charge in [0.25, 0.3) is 0 Å². The molecule has 2 rings (SSSR count). The minimum absolute atomic E-state index is 1.04. The van der Waals surface area contributed by atoms with Crippen LogP contribution in [0.1, 0.15) is 116 Å². The second kappa shape index (κ2) is 12.6. The third kappa shape index (κ3) is 7.88. The fourth-order valence-corrected chi connectivity index (χ4v) is 3.98. The number of nitrogens with zero attached hydrogens (tertiary/aromatic N) is 1. The van der Waals surface area contributed by atoms with E-state index in [1.54, 1.807) is 5.06 Å². The zero-order valence-electron chi connectivity index (χ0n) is 15.8. The van der Waals surface area contributed by atoms with E-state index in [1.807, 2.05) is 0 Å². The molecule has 0 atom stereocenters. The molecule has 0 radical (unpaired) electrons. The van der Waals surface area contributed by atoms with E-state index in [4.69, 9.17) is 0 Å². The predicted octanol–water partition coefficient (Wildman–Crippen LogP) is 7.49. The first kappa shape index (κ1) is 19.6. The van der Waals surface area contributed by atoms with Crippen LogP contribution in [0.5, 0.6) is 0 Å². The van der Waals surface area contributed by atoms with E-state index in [2.05, 4.69) is 12.2 Å². The van der Waals surface area contributed by atoms with Gasteiger partial charge in [0.15, 0.2) is 0 Å². The quantitative estimate of drug-likeness (QED) is 0.529. The molecule has 0 spiro atoms. The molecule has 0 saturated heterocycles. The Morgan fingerprint density at radius 1 is 0.500 bits per heavy atom. The van der Waals surface area contributed by atoms with Crippen LogP contribution in [0.25, 0.3) is 0 Å². The predicted molar refractivity (Wildman–Crippen MR) is 103 cm³/mol. The van der Waals surface area contributed by atoms with Gasteiger partial charge >= 0.3 is 0 Å². The first-order valence-corrected chi connectivity index (χ1v) is 10.7. The molecule has 0 saturated carbocycles. The molecule has 2 aliphatic carbocycles. The van der Waals surface area contributed by atoms with E-state index in [-0.39, 0.29) is 0 Å². The van der Waals surface area contributed by atoms with Crippen molar-refractivity contribution in [3.05, 3.63) is 23.5 Å². The molecular weight excluding hydrogens is 294 g/mol. The Morgan fingerprint density at radius 3 is 1.25 bits per heavy atom. The molecule has 0 heterocycles. The summed E-state index contributed by atoms with van der Waals surface area (Å²) in [5.41, 5.74) is 2.33. The molecule has 0 aromatic carbocycles. The van der Waals surface area contributed by atoms with Gasteiger partial charge in [-0.05, 0) is 51.4 Å². The lowest BCUT2D eigenvalue weighted by molar-refractivity contribution is -0.0272. The van der Waals surface area contributed by atoms with Crippen LogP contribution < -0.4 is 0 Å². The molecule has 2 heteroatoms. The van der Waals surface area contributed by atoms with Crippen LogP contribution in [-0.4, -0.2) is 10.3 Å². The van der Waals surface area contributed by atoms with Gasteiger partial charge < -0.3 is 0 Å². The number of hydrogen-bond donors (Lipinski definition) is 1. The topological polar surface area (TPSA) is 23.5 Å². The number of hydrogen-bond acceptors (Lipinski definition) is 2. The minimum Gasteiger partial charge on any atom is -0.284 e. The Balaban J connectivity index is 1.98. The summed E-state index contributed by atoms with van der Waals surface area (Å²) in [5.74, 6) is 0. The number of allylic oxidation sites excluding steroid dienone is 4. The molecule has 2 nitrogen and oxygen atoms in total. The third-order valence-corrected chi connectivity index (χ3v) is 5.58. The lowest BCUT2D eigenvalue weighted by Gasteiger charge is -2.24. The Kier molecular flexibility index (Phi) is 10.3. The Labute approximate surface area is 150 Å². The maximum absolute atomic E-state index is 10.9. The van der Waals surface area contributed by atoms with Crippen molar-refractivity contribution in [2.75, 3.05) is 0 Å². The maximum atomic E-state index is 10.9. The molecular formula is C22H39NO. The van der Waals surface area contributed by atoms with Crippen LogP contribution in [-0.2, 0) is 0 Å². The zero-order chi connectivity index (χ0) is 16.9. The minimum atomic E-state index is 1.04. The van der Waals surface area contributed by atoms with Gasteiger partial charge in [-0.15, -0.1) is 0 Å². The SMILES string of the molecule is ON(C1=CCCCCCCCCC1)C1=CCCCCCCCCC1. The Hall–Kier alpha value is -0.760. The zero-order valence-corrected chi connectivity index (χ0v) is 15.8. The summed E-state index contributed by atoms with van der Waals surface area (Å²) in [6.07, 6.45) is 27.5. The van der Waals surface area contributed by atoms with Crippen LogP contribution in [0.3, 0.4) is 0 Å². The van der Waals surface area contributed by atoms with E-state index in [9.17, 15) is 5.21 Å². The van der Waals surface area contributed by atoms with E-state index < -0.39 is 0 Å². The largest absolute Gasteiger partial charge is 0.284 e. The fourth-order valence-electron chi connectivity index (χ4n) is 3.98. The van der Waals surface area contributed by atoms with Crippen molar-refractivity contribution in [3.8, 4) is 0 Å². The van der Waals surface area contributed by atoms with Gasteiger partial charge in [-0.25, -0.2) is 5.06 Å². The van der Waals surface area contributed by atoms with Crippen molar-refractivity contribution in [2.45, 2.75) is 116 Å². The van der Waals surface area contributed by atoms with Crippen molar-refractivity contribution in [1.29, 1.82) is 0 Å². The molecule has 0 bridgehead atoms. The summed E-state index contributed by atoms with van der Waals surface area (Å²) >= 11 is 0. The van der Waals surface area contributed by atoms with Gasteiger partial charge in [0.1, 0.15) is 0 Å². The van der Waals surface area contributed by atoms with Crippen LogP contribution >= 0.6 is 0 Å². The molecule has 0 fully saturated rings. The first-order chi connectivity index (χ1) is 11.9. The highest BCUT2D eigenvalue weighted by molar-refractivity contribution is 5.11. The van der Waals surface area contributed by atoms with Crippen LogP contribution in [0.2, 0.25) is 0 Å². The molecule has 0 aliphatic heterocycles. The van der Waals surface area contributed by atoms with Crippen molar-refractivity contribution < 1.29 is 5.21 Å². The van der Waals surface area contributed by atoms with Gasteiger partial charge in [-0.1, -0.05) is 76.4 Å². The molecule has 2 aliphatic rings. The molecule has 138 valence electrons. The van der Waals surface area contributed by atoms with Gasteiger partial charge in [0.2, 0.25) is 0 Å². The number of hydroxylamine groups is 2. The van der Waals surface area contributed by atoms with E-state index in [0.717, 1.165) is 37.1 Å². The van der Waals surface area contributed by atoms with E-state index >= 15 is 0 Å². The van der Waals surface area contributed by atoms with Crippen molar-refractivity contribution in [2.24, 2.45) is 0 Å². The Morgan fingerprint density at radius 2 is 0.833 bits per heavy atom. The number of rotatable bonds is 2. The average Bonchev–Trinajstić information content (AvgIpc) is 2.70. The first-order valence-electron chi connectivity index (χ1n) is 10.7. The summed E-state index contributed by atoms with van der Waals surface area (Å²) in [4.78, 5) is 0. The van der Waals surface area contributed by atoms with E-state index in [1.165, 1.54) is 89.9 Å². The highest BCUT2D eigenvalue weighted by atomic mass is 16.5. The third-order valence-electron chi connectivity index (χ3n) is 5.58. The van der Waals surface area contributed by atoms with Gasteiger partial charge in [0.05, 0.1) is 0 Å². The maximum Gasteiger partial charge on any atom is 0.0423 e. The summed E-state index contributed by atoms with van der Waals surface area (Å²) in [5, 5.41) is 12.5. The van der Waals surface area contributed by atoms with Crippen LogP contribution in [0, 0.1) is 0 Å². The van der Waals surface area contributed by atoms with Gasteiger partial charge in [-0.2, -0.15) is 0 Å². The summed E-state index contributed by atoms with van der Waals surface area (Å²) in [6, 6.07) is 0. The van der Waals surface area contributed by atoms with Gasteiger partial charge in [0, 0.05) is 11.4 Å². The monoisotopic (exact) mass is 333 g/mol. The highest BCUT2D eigenvalue weighted by Crippen LogP contribution is 2.25. The molecule has 0 aromatic rings. The smallest absolute Gasteiger partial charge is 0.0423 e. The second-order valence-electron chi connectivity index (χ2n) is 7.73. The lowest BCUT2D eigenvalue weighted by Crippen LogP contribution is -2.18. The second-order valence-corrected chi connectivity index (χ2v) is 7.73.